The monoisotopic (exact) mass is 301 g/mol. The van der Waals surface area contributed by atoms with E-state index in [4.69, 9.17) is 0 Å². The van der Waals surface area contributed by atoms with E-state index in [-0.39, 0.29) is 12.5 Å². The van der Waals surface area contributed by atoms with E-state index in [9.17, 15) is 13.2 Å². The molecule has 0 aliphatic heterocycles. The Morgan fingerprint density at radius 2 is 2.00 bits per heavy atom. The lowest BCUT2D eigenvalue weighted by Gasteiger charge is -2.19. The average molecular weight is 301 g/mol. The van der Waals surface area contributed by atoms with Crippen molar-refractivity contribution in [2.24, 2.45) is 0 Å². The van der Waals surface area contributed by atoms with Crippen LogP contribution in [0.1, 0.15) is 37.8 Å². The number of alkyl halides is 3. The van der Waals surface area contributed by atoms with Crippen molar-refractivity contribution >= 4 is 21.4 Å². The van der Waals surface area contributed by atoms with Crippen LogP contribution in [0, 0.1) is 0 Å². The van der Waals surface area contributed by atoms with E-state index in [1.165, 1.54) is 0 Å². The van der Waals surface area contributed by atoms with E-state index in [0.717, 1.165) is 28.6 Å². The lowest BCUT2D eigenvalue weighted by atomic mass is 10.0. The lowest BCUT2D eigenvalue weighted by molar-refractivity contribution is -0.136. The summed E-state index contributed by atoms with van der Waals surface area (Å²) in [6.07, 6.45) is -3.86. The third-order valence-electron chi connectivity index (χ3n) is 3.24. The van der Waals surface area contributed by atoms with Crippen molar-refractivity contribution < 1.29 is 13.2 Å². The first-order valence-corrected chi connectivity index (χ1v) is 7.65. The first-order chi connectivity index (χ1) is 9.51. The zero-order chi connectivity index (χ0) is 14.6. The number of fused-ring (bicyclic) bond motifs is 1. The number of thiophene rings is 1. The minimum atomic E-state index is -4.10. The van der Waals surface area contributed by atoms with Gasteiger partial charge in [-0.05, 0) is 41.8 Å². The molecule has 0 amide bonds. The highest BCUT2D eigenvalue weighted by atomic mass is 32.1. The van der Waals surface area contributed by atoms with Crippen LogP contribution in [0.15, 0.2) is 29.6 Å². The fourth-order valence-corrected chi connectivity index (χ4v) is 3.28. The van der Waals surface area contributed by atoms with Gasteiger partial charge in [0, 0.05) is 17.2 Å². The van der Waals surface area contributed by atoms with Crippen molar-refractivity contribution in [3.8, 4) is 0 Å². The second kappa shape index (κ2) is 6.59. The molecule has 0 radical (unpaired) electrons. The minimum absolute atomic E-state index is 0.0875. The molecule has 20 heavy (non-hydrogen) atoms. The number of halogens is 3. The molecule has 110 valence electrons. The normalized spacial score (nSPS) is 13.8. The summed E-state index contributed by atoms with van der Waals surface area (Å²) in [5, 5.41) is 6.29. The summed E-state index contributed by atoms with van der Waals surface area (Å²) in [6, 6.07) is 7.64. The van der Waals surface area contributed by atoms with Gasteiger partial charge in [-0.1, -0.05) is 25.1 Å². The van der Waals surface area contributed by atoms with Gasteiger partial charge in [-0.15, -0.1) is 11.3 Å². The minimum Gasteiger partial charge on any atom is -0.310 e. The van der Waals surface area contributed by atoms with E-state index >= 15 is 0 Å². The third kappa shape index (κ3) is 3.96. The van der Waals surface area contributed by atoms with Crippen LogP contribution in [-0.4, -0.2) is 12.7 Å². The smallest absolute Gasteiger partial charge is 0.310 e. The first kappa shape index (κ1) is 15.3. The number of rotatable bonds is 6. The Balaban J connectivity index is 2.21. The quantitative estimate of drug-likeness (QED) is 0.765. The molecule has 0 bridgehead atoms. The van der Waals surface area contributed by atoms with E-state index in [2.05, 4.69) is 5.32 Å². The highest BCUT2D eigenvalue weighted by Gasteiger charge is 2.29. The fourth-order valence-electron chi connectivity index (χ4n) is 2.26. The standard InChI is InChI=1S/C15H18F3NS/c1-2-9-19-13(7-8-15(16,17)18)12-10-20-14-6-4-3-5-11(12)14/h3-6,10,13,19H,2,7-9H2,1H3. The lowest BCUT2D eigenvalue weighted by Crippen LogP contribution is -2.23. The zero-order valence-electron chi connectivity index (χ0n) is 11.3. The summed E-state index contributed by atoms with van der Waals surface area (Å²) in [5.41, 5.74) is 0.989. The molecule has 2 rings (SSSR count). The summed E-state index contributed by atoms with van der Waals surface area (Å²) in [4.78, 5) is 0. The van der Waals surface area contributed by atoms with Gasteiger partial charge in [0.2, 0.25) is 0 Å². The van der Waals surface area contributed by atoms with Crippen molar-refractivity contribution in [2.75, 3.05) is 6.54 Å². The van der Waals surface area contributed by atoms with Crippen LogP contribution >= 0.6 is 11.3 Å². The molecule has 1 N–H and O–H groups in total. The number of nitrogens with one attached hydrogen (secondary N) is 1. The van der Waals surface area contributed by atoms with Crippen molar-refractivity contribution in [2.45, 2.75) is 38.4 Å². The summed E-state index contributed by atoms with van der Waals surface area (Å²) in [6.45, 7) is 2.74. The van der Waals surface area contributed by atoms with Crippen LogP contribution in [0.25, 0.3) is 10.1 Å². The Kier molecular flexibility index (Phi) is 5.05. The Labute approximate surface area is 120 Å². The van der Waals surface area contributed by atoms with Gasteiger partial charge < -0.3 is 5.32 Å². The maximum atomic E-state index is 12.5. The molecular formula is C15H18F3NS. The Morgan fingerprint density at radius 3 is 2.70 bits per heavy atom. The van der Waals surface area contributed by atoms with Crippen molar-refractivity contribution in [3.05, 3.63) is 35.2 Å². The van der Waals surface area contributed by atoms with Crippen molar-refractivity contribution in [1.82, 2.24) is 5.32 Å². The van der Waals surface area contributed by atoms with Crippen LogP contribution in [0.5, 0.6) is 0 Å². The van der Waals surface area contributed by atoms with Crippen molar-refractivity contribution in [3.63, 3.8) is 0 Å². The van der Waals surface area contributed by atoms with Crippen LogP contribution in [-0.2, 0) is 0 Å². The number of benzene rings is 1. The van der Waals surface area contributed by atoms with Gasteiger partial charge >= 0.3 is 6.18 Å². The molecule has 0 spiro atoms. The molecule has 1 atom stereocenters. The van der Waals surface area contributed by atoms with Gasteiger partial charge in [-0.2, -0.15) is 13.2 Å². The Hall–Kier alpha value is -1.07. The van der Waals surface area contributed by atoms with Gasteiger partial charge in [0.25, 0.3) is 0 Å². The largest absolute Gasteiger partial charge is 0.389 e. The maximum Gasteiger partial charge on any atom is 0.389 e. The molecule has 1 aromatic carbocycles. The van der Waals surface area contributed by atoms with Crippen LogP contribution in [0.4, 0.5) is 13.2 Å². The molecular weight excluding hydrogens is 283 g/mol. The maximum absolute atomic E-state index is 12.5. The molecule has 1 heterocycles. The summed E-state index contributed by atoms with van der Waals surface area (Å²) in [7, 11) is 0. The molecule has 0 aliphatic rings. The molecule has 0 saturated heterocycles. The summed E-state index contributed by atoms with van der Waals surface area (Å²) >= 11 is 1.59. The zero-order valence-corrected chi connectivity index (χ0v) is 12.2. The van der Waals surface area contributed by atoms with Gasteiger partial charge in [-0.3, -0.25) is 0 Å². The molecule has 0 fully saturated rings. The fraction of sp³-hybridized carbons (Fsp3) is 0.467. The third-order valence-corrected chi connectivity index (χ3v) is 4.23. The summed E-state index contributed by atoms with van der Waals surface area (Å²) < 4.78 is 38.5. The van der Waals surface area contributed by atoms with E-state index in [1.54, 1.807) is 11.3 Å². The second-order valence-corrected chi connectivity index (χ2v) is 5.76. The van der Waals surface area contributed by atoms with Gasteiger partial charge in [0.15, 0.2) is 0 Å². The number of hydrogen-bond acceptors (Lipinski definition) is 2. The average Bonchev–Trinajstić information content (AvgIpc) is 2.82. The Morgan fingerprint density at radius 1 is 1.25 bits per heavy atom. The molecule has 2 aromatic rings. The SMILES string of the molecule is CCCNC(CCC(F)(F)F)c1csc2ccccc12. The van der Waals surface area contributed by atoms with E-state index < -0.39 is 12.6 Å². The Bertz CT molecular complexity index is 547. The van der Waals surface area contributed by atoms with E-state index in [1.807, 2.05) is 36.6 Å². The van der Waals surface area contributed by atoms with Crippen LogP contribution in [0.2, 0.25) is 0 Å². The first-order valence-electron chi connectivity index (χ1n) is 6.77. The summed E-state index contributed by atoms with van der Waals surface area (Å²) in [5.74, 6) is 0. The van der Waals surface area contributed by atoms with Crippen LogP contribution < -0.4 is 5.32 Å². The predicted octanol–water partition coefficient (Wildman–Crippen LogP) is 5.28. The van der Waals surface area contributed by atoms with Crippen LogP contribution in [0.3, 0.4) is 0 Å². The number of hydrogen-bond donors (Lipinski definition) is 1. The predicted molar refractivity (Wildman–Crippen MR) is 78.1 cm³/mol. The van der Waals surface area contributed by atoms with E-state index in [0.29, 0.717) is 0 Å². The molecule has 1 nitrogen and oxygen atoms in total. The van der Waals surface area contributed by atoms with Gasteiger partial charge in [-0.25, -0.2) is 0 Å². The highest BCUT2D eigenvalue weighted by Crippen LogP contribution is 2.34. The molecule has 0 saturated carbocycles. The topological polar surface area (TPSA) is 12.0 Å². The highest BCUT2D eigenvalue weighted by molar-refractivity contribution is 7.17. The molecule has 1 aromatic heterocycles. The molecule has 1 unspecified atom stereocenters. The molecule has 0 aliphatic carbocycles. The van der Waals surface area contributed by atoms with Crippen molar-refractivity contribution in [1.29, 1.82) is 0 Å². The molecule has 5 heteroatoms. The van der Waals surface area contributed by atoms with Gasteiger partial charge in [0.05, 0.1) is 0 Å². The van der Waals surface area contributed by atoms with Gasteiger partial charge in [0.1, 0.15) is 0 Å². The second-order valence-electron chi connectivity index (χ2n) is 4.85.